The standard InChI is InChI=1S/C10H11ClN2/c1-2-3-7-4-5-9-8(6-7)10(11)13-12-9/h4-6H,2-3H2,1H3,(H,12,13). The summed E-state index contributed by atoms with van der Waals surface area (Å²) in [6.45, 7) is 2.17. The first kappa shape index (κ1) is 8.57. The Morgan fingerprint density at radius 3 is 3.08 bits per heavy atom. The third-order valence-electron chi connectivity index (χ3n) is 2.11. The summed E-state index contributed by atoms with van der Waals surface area (Å²) >= 11 is 5.93. The maximum atomic E-state index is 5.93. The maximum absolute atomic E-state index is 5.93. The first-order valence-corrected chi connectivity index (χ1v) is 4.81. The van der Waals surface area contributed by atoms with Gasteiger partial charge < -0.3 is 0 Å². The highest BCUT2D eigenvalue weighted by Gasteiger charge is 2.02. The number of aromatic amines is 1. The number of nitrogens with one attached hydrogen (secondary N) is 1. The number of benzene rings is 1. The van der Waals surface area contributed by atoms with Gasteiger partial charge in [-0.2, -0.15) is 5.10 Å². The number of hydrogen-bond donors (Lipinski definition) is 1. The first-order chi connectivity index (χ1) is 6.31. The van der Waals surface area contributed by atoms with Crippen LogP contribution in [0.5, 0.6) is 0 Å². The van der Waals surface area contributed by atoms with Gasteiger partial charge >= 0.3 is 0 Å². The zero-order chi connectivity index (χ0) is 9.26. The SMILES string of the molecule is CCCc1ccc2n[nH]c(Cl)c2c1. The third-order valence-corrected chi connectivity index (χ3v) is 2.40. The number of halogens is 1. The summed E-state index contributed by atoms with van der Waals surface area (Å²) in [5.74, 6) is 0. The Balaban J connectivity index is 2.53. The van der Waals surface area contributed by atoms with Crippen LogP contribution in [0.3, 0.4) is 0 Å². The van der Waals surface area contributed by atoms with Crippen molar-refractivity contribution >= 4 is 22.5 Å². The van der Waals surface area contributed by atoms with Crippen LogP contribution in [-0.4, -0.2) is 10.2 Å². The van der Waals surface area contributed by atoms with Gasteiger partial charge in [-0.05, 0) is 24.1 Å². The second-order valence-corrected chi connectivity index (χ2v) is 3.52. The van der Waals surface area contributed by atoms with Crippen LogP contribution in [0.4, 0.5) is 0 Å². The van der Waals surface area contributed by atoms with E-state index in [0.29, 0.717) is 5.15 Å². The zero-order valence-corrected chi connectivity index (χ0v) is 8.23. The molecule has 0 amide bonds. The molecule has 0 atom stereocenters. The minimum absolute atomic E-state index is 0.632. The molecule has 0 saturated heterocycles. The van der Waals surface area contributed by atoms with Crippen LogP contribution in [0.2, 0.25) is 5.15 Å². The second-order valence-electron chi connectivity index (χ2n) is 3.14. The van der Waals surface area contributed by atoms with E-state index in [1.165, 1.54) is 5.56 Å². The lowest BCUT2D eigenvalue weighted by atomic mass is 10.1. The number of nitrogens with zero attached hydrogens (tertiary/aromatic N) is 1. The smallest absolute Gasteiger partial charge is 0.132 e. The van der Waals surface area contributed by atoms with Crippen LogP contribution < -0.4 is 0 Å². The molecule has 0 aliphatic carbocycles. The quantitative estimate of drug-likeness (QED) is 0.782. The molecule has 0 radical (unpaired) electrons. The molecule has 68 valence electrons. The number of hydrogen-bond acceptors (Lipinski definition) is 1. The highest BCUT2D eigenvalue weighted by molar-refractivity contribution is 6.34. The molecule has 0 aliphatic heterocycles. The molecule has 0 aliphatic rings. The van der Waals surface area contributed by atoms with E-state index in [2.05, 4.69) is 29.3 Å². The van der Waals surface area contributed by atoms with Gasteiger partial charge in [0.25, 0.3) is 0 Å². The van der Waals surface area contributed by atoms with Gasteiger partial charge in [-0.1, -0.05) is 31.0 Å². The Labute approximate surface area is 81.9 Å². The third kappa shape index (κ3) is 1.54. The lowest BCUT2D eigenvalue weighted by molar-refractivity contribution is 0.924. The highest BCUT2D eigenvalue weighted by Crippen LogP contribution is 2.21. The van der Waals surface area contributed by atoms with Gasteiger partial charge in [0.05, 0.1) is 5.52 Å². The minimum Gasteiger partial charge on any atom is -0.266 e. The largest absolute Gasteiger partial charge is 0.266 e. The summed E-state index contributed by atoms with van der Waals surface area (Å²) < 4.78 is 0. The van der Waals surface area contributed by atoms with Crippen molar-refractivity contribution in [3.05, 3.63) is 28.9 Å². The molecular formula is C10H11ClN2. The topological polar surface area (TPSA) is 28.7 Å². The van der Waals surface area contributed by atoms with Crippen molar-refractivity contribution in [1.29, 1.82) is 0 Å². The second kappa shape index (κ2) is 3.38. The van der Waals surface area contributed by atoms with Gasteiger partial charge in [-0.25, -0.2) is 0 Å². The Bertz CT molecular complexity index is 420. The van der Waals surface area contributed by atoms with Gasteiger partial charge in [0.15, 0.2) is 0 Å². The van der Waals surface area contributed by atoms with Crippen LogP contribution >= 0.6 is 11.6 Å². The lowest BCUT2D eigenvalue weighted by Crippen LogP contribution is -1.81. The molecule has 1 aromatic heterocycles. The summed E-state index contributed by atoms with van der Waals surface area (Å²) in [5.41, 5.74) is 2.25. The van der Waals surface area contributed by atoms with E-state index >= 15 is 0 Å². The van der Waals surface area contributed by atoms with Gasteiger partial charge in [0.2, 0.25) is 0 Å². The summed E-state index contributed by atoms with van der Waals surface area (Å²) in [6.07, 6.45) is 2.25. The van der Waals surface area contributed by atoms with Crippen molar-refractivity contribution in [2.45, 2.75) is 19.8 Å². The summed E-state index contributed by atoms with van der Waals surface area (Å²) in [5, 5.41) is 8.48. The molecule has 2 aromatic rings. The van der Waals surface area contributed by atoms with Crippen LogP contribution in [0.15, 0.2) is 18.2 Å². The maximum Gasteiger partial charge on any atom is 0.132 e. The lowest BCUT2D eigenvalue weighted by Gasteiger charge is -1.97. The normalized spacial score (nSPS) is 10.9. The molecule has 1 aromatic carbocycles. The van der Waals surface area contributed by atoms with E-state index in [-0.39, 0.29) is 0 Å². The average molecular weight is 195 g/mol. The summed E-state index contributed by atoms with van der Waals surface area (Å²) in [7, 11) is 0. The molecule has 0 saturated carbocycles. The fraction of sp³-hybridized carbons (Fsp3) is 0.300. The predicted molar refractivity (Wildman–Crippen MR) is 55.1 cm³/mol. The molecule has 3 heteroatoms. The molecule has 13 heavy (non-hydrogen) atoms. The Hall–Kier alpha value is -1.02. The zero-order valence-electron chi connectivity index (χ0n) is 7.47. The van der Waals surface area contributed by atoms with Gasteiger partial charge in [0.1, 0.15) is 5.15 Å². The van der Waals surface area contributed by atoms with E-state index in [1.54, 1.807) is 0 Å². The Morgan fingerprint density at radius 2 is 2.31 bits per heavy atom. The molecule has 2 nitrogen and oxygen atoms in total. The number of aryl methyl sites for hydroxylation is 1. The molecule has 0 fully saturated rings. The molecule has 0 bridgehead atoms. The van der Waals surface area contributed by atoms with Gasteiger partial charge in [0, 0.05) is 5.39 Å². The number of H-pyrrole nitrogens is 1. The van der Waals surface area contributed by atoms with Crippen LogP contribution in [0.1, 0.15) is 18.9 Å². The van der Waals surface area contributed by atoms with Crippen molar-refractivity contribution in [2.24, 2.45) is 0 Å². The van der Waals surface area contributed by atoms with Crippen LogP contribution in [-0.2, 0) is 6.42 Å². The van der Waals surface area contributed by atoms with Gasteiger partial charge in [-0.3, -0.25) is 5.10 Å². The minimum atomic E-state index is 0.632. The first-order valence-electron chi connectivity index (χ1n) is 4.43. The summed E-state index contributed by atoms with van der Waals surface area (Å²) in [4.78, 5) is 0. The van der Waals surface area contributed by atoms with Crippen molar-refractivity contribution in [3.8, 4) is 0 Å². The number of fused-ring (bicyclic) bond motifs is 1. The molecule has 1 N–H and O–H groups in total. The van der Waals surface area contributed by atoms with Crippen molar-refractivity contribution in [1.82, 2.24) is 10.2 Å². The fourth-order valence-electron chi connectivity index (χ4n) is 1.47. The van der Waals surface area contributed by atoms with E-state index in [1.807, 2.05) is 6.07 Å². The molecule has 0 unspecified atom stereocenters. The summed E-state index contributed by atoms with van der Waals surface area (Å²) in [6, 6.07) is 6.20. The average Bonchev–Trinajstić information content (AvgIpc) is 2.49. The monoisotopic (exact) mass is 194 g/mol. The van der Waals surface area contributed by atoms with Crippen LogP contribution in [0.25, 0.3) is 10.9 Å². The molecule has 1 heterocycles. The fourth-order valence-corrected chi connectivity index (χ4v) is 1.66. The number of aromatic nitrogens is 2. The Morgan fingerprint density at radius 1 is 1.46 bits per heavy atom. The molecule has 0 spiro atoms. The van der Waals surface area contributed by atoms with E-state index in [9.17, 15) is 0 Å². The van der Waals surface area contributed by atoms with Crippen LogP contribution in [0, 0.1) is 0 Å². The van der Waals surface area contributed by atoms with E-state index in [4.69, 9.17) is 11.6 Å². The van der Waals surface area contributed by atoms with E-state index in [0.717, 1.165) is 23.7 Å². The van der Waals surface area contributed by atoms with Gasteiger partial charge in [-0.15, -0.1) is 0 Å². The van der Waals surface area contributed by atoms with Crippen molar-refractivity contribution in [3.63, 3.8) is 0 Å². The Kier molecular flexibility index (Phi) is 2.23. The predicted octanol–water partition coefficient (Wildman–Crippen LogP) is 3.17. The van der Waals surface area contributed by atoms with E-state index < -0.39 is 0 Å². The van der Waals surface area contributed by atoms with Crippen molar-refractivity contribution in [2.75, 3.05) is 0 Å². The molecule has 2 rings (SSSR count). The molecular weight excluding hydrogens is 184 g/mol. The number of rotatable bonds is 2. The highest BCUT2D eigenvalue weighted by atomic mass is 35.5. The van der Waals surface area contributed by atoms with Crippen molar-refractivity contribution < 1.29 is 0 Å².